The topological polar surface area (TPSA) is 78.9 Å². The number of hydrogen-bond donors (Lipinski definition) is 1. The first-order valence-electron chi connectivity index (χ1n) is 3.89. The number of amides is 1. The first kappa shape index (κ1) is 9.26. The zero-order valence-corrected chi connectivity index (χ0v) is 7.15. The molecule has 0 unspecified atom stereocenters. The molecule has 1 N–H and O–H groups in total. The third-order valence-electron chi connectivity index (χ3n) is 1.53. The van der Waals surface area contributed by atoms with Crippen molar-refractivity contribution in [2.75, 3.05) is 0 Å². The number of nitriles is 1. The largest absolute Gasteiger partial charge is 0.351 e. The molecule has 1 amide bonds. The number of rotatable bonds is 3. The number of hydrogen-bond acceptors (Lipinski definition) is 4. The number of nitrogens with one attached hydrogen (secondary N) is 1. The second-order valence-electron chi connectivity index (χ2n) is 2.44. The first-order valence-corrected chi connectivity index (χ1v) is 3.89. The first-order chi connectivity index (χ1) is 6.27. The van der Waals surface area contributed by atoms with Crippen LogP contribution in [0.3, 0.4) is 0 Å². The van der Waals surface area contributed by atoms with E-state index in [9.17, 15) is 4.79 Å². The molecule has 0 fully saturated rings. The third-order valence-corrected chi connectivity index (χ3v) is 1.53. The summed E-state index contributed by atoms with van der Waals surface area (Å²) in [6, 6.07) is 2.92. The minimum atomic E-state index is -0.474. The lowest BCUT2D eigenvalue weighted by atomic mass is 10.2. The van der Waals surface area contributed by atoms with Gasteiger partial charge in [0.2, 0.25) is 5.76 Å². The van der Waals surface area contributed by atoms with Crippen molar-refractivity contribution in [2.24, 2.45) is 0 Å². The molecule has 0 aliphatic carbocycles. The van der Waals surface area contributed by atoms with Crippen LogP contribution in [-0.4, -0.2) is 17.1 Å². The Morgan fingerprint density at radius 1 is 1.92 bits per heavy atom. The fourth-order valence-corrected chi connectivity index (χ4v) is 0.788. The predicted octanol–water partition coefficient (Wildman–Crippen LogP) is 0.707. The van der Waals surface area contributed by atoms with Crippen LogP contribution in [-0.2, 0) is 0 Å². The molecule has 1 aromatic heterocycles. The minimum absolute atomic E-state index is 0.119. The van der Waals surface area contributed by atoms with Gasteiger partial charge < -0.3 is 9.84 Å². The Balaban J connectivity index is 2.57. The van der Waals surface area contributed by atoms with Crippen molar-refractivity contribution >= 4 is 5.91 Å². The molecule has 0 aliphatic rings. The molecular formula is C8H9N3O2. The van der Waals surface area contributed by atoms with Crippen molar-refractivity contribution in [1.29, 1.82) is 5.26 Å². The Hall–Kier alpha value is -1.83. The molecule has 0 aliphatic heterocycles. The van der Waals surface area contributed by atoms with Crippen LogP contribution in [0.1, 0.15) is 23.9 Å². The van der Waals surface area contributed by atoms with E-state index in [1.807, 2.05) is 13.0 Å². The van der Waals surface area contributed by atoms with Crippen LogP contribution in [0.4, 0.5) is 0 Å². The van der Waals surface area contributed by atoms with Crippen LogP contribution >= 0.6 is 0 Å². The Morgan fingerprint density at radius 3 is 3.15 bits per heavy atom. The molecule has 0 aromatic carbocycles. The molecule has 13 heavy (non-hydrogen) atoms. The molecule has 1 rings (SSSR count). The third kappa shape index (κ3) is 2.30. The molecule has 0 radical (unpaired) electrons. The maximum absolute atomic E-state index is 11.2. The monoisotopic (exact) mass is 179 g/mol. The zero-order valence-electron chi connectivity index (χ0n) is 7.15. The van der Waals surface area contributed by atoms with Gasteiger partial charge in [-0.15, -0.1) is 0 Å². The van der Waals surface area contributed by atoms with E-state index in [1.54, 1.807) is 0 Å². The normalized spacial score (nSPS) is 11.7. The average Bonchev–Trinajstić information content (AvgIpc) is 2.66. The molecule has 68 valence electrons. The summed E-state index contributed by atoms with van der Waals surface area (Å²) in [4.78, 5) is 11.2. The fraction of sp³-hybridized carbons (Fsp3) is 0.375. The SMILES string of the molecule is CC[C@@H](C#N)NC(=O)c1ccno1. The maximum Gasteiger partial charge on any atom is 0.290 e. The lowest BCUT2D eigenvalue weighted by Crippen LogP contribution is -2.32. The summed E-state index contributed by atoms with van der Waals surface area (Å²) in [5.74, 6) is -0.292. The van der Waals surface area contributed by atoms with Crippen LogP contribution in [0.5, 0.6) is 0 Å². The summed E-state index contributed by atoms with van der Waals surface area (Å²) in [6.07, 6.45) is 1.94. The molecule has 5 heteroatoms. The quantitative estimate of drug-likeness (QED) is 0.740. The van der Waals surface area contributed by atoms with Crippen molar-refractivity contribution < 1.29 is 9.32 Å². The number of carbonyl (C=O) groups excluding carboxylic acids is 1. The summed E-state index contributed by atoms with van der Waals surface area (Å²) >= 11 is 0. The zero-order chi connectivity index (χ0) is 9.68. The van der Waals surface area contributed by atoms with E-state index in [0.717, 1.165) is 0 Å². The van der Waals surface area contributed by atoms with E-state index in [-0.39, 0.29) is 5.76 Å². The molecule has 0 bridgehead atoms. The lowest BCUT2D eigenvalue weighted by Gasteiger charge is -2.05. The second kappa shape index (κ2) is 4.26. The van der Waals surface area contributed by atoms with Crippen molar-refractivity contribution in [2.45, 2.75) is 19.4 Å². The highest BCUT2D eigenvalue weighted by Crippen LogP contribution is 1.97. The van der Waals surface area contributed by atoms with Crippen molar-refractivity contribution in [3.8, 4) is 6.07 Å². The van der Waals surface area contributed by atoms with Gasteiger partial charge >= 0.3 is 0 Å². The summed E-state index contributed by atoms with van der Waals surface area (Å²) in [7, 11) is 0. The molecule has 0 saturated carbocycles. The standard InChI is InChI=1S/C8H9N3O2/c1-2-6(5-9)11-8(12)7-3-4-10-13-7/h3-4,6H,2H2,1H3,(H,11,12)/t6-/m0/s1. The number of nitrogens with zero attached hydrogens (tertiary/aromatic N) is 2. The van der Waals surface area contributed by atoms with E-state index < -0.39 is 11.9 Å². The van der Waals surface area contributed by atoms with Gasteiger partial charge in [-0.2, -0.15) is 5.26 Å². The highest BCUT2D eigenvalue weighted by molar-refractivity contribution is 5.91. The highest BCUT2D eigenvalue weighted by Gasteiger charge is 2.13. The summed E-state index contributed by atoms with van der Waals surface area (Å²) in [5.41, 5.74) is 0. The van der Waals surface area contributed by atoms with Gasteiger partial charge in [0, 0.05) is 6.07 Å². The van der Waals surface area contributed by atoms with Crippen LogP contribution < -0.4 is 5.32 Å². The van der Waals surface area contributed by atoms with E-state index in [0.29, 0.717) is 6.42 Å². The number of aromatic nitrogens is 1. The van der Waals surface area contributed by atoms with Crippen molar-refractivity contribution in [3.05, 3.63) is 18.0 Å². The summed E-state index contributed by atoms with van der Waals surface area (Å²) < 4.78 is 4.61. The van der Waals surface area contributed by atoms with Gasteiger partial charge in [0.25, 0.3) is 5.91 Å². The molecule has 1 aromatic rings. The minimum Gasteiger partial charge on any atom is -0.351 e. The smallest absolute Gasteiger partial charge is 0.290 e. The van der Waals surface area contributed by atoms with E-state index in [4.69, 9.17) is 5.26 Å². The number of carbonyl (C=O) groups is 1. The Bertz CT molecular complexity index is 313. The molecule has 0 spiro atoms. The van der Waals surface area contributed by atoms with Gasteiger partial charge in [0.1, 0.15) is 6.04 Å². The molecular weight excluding hydrogens is 170 g/mol. The average molecular weight is 179 g/mol. The molecule has 5 nitrogen and oxygen atoms in total. The fourth-order valence-electron chi connectivity index (χ4n) is 0.788. The second-order valence-corrected chi connectivity index (χ2v) is 2.44. The summed E-state index contributed by atoms with van der Waals surface area (Å²) in [6.45, 7) is 1.81. The van der Waals surface area contributed by atoms with Crippen molar-refractivity contribution in [3.63, 3.8) is 0 Å². The van der Waals surface area contributed by atoms with Crippen molar-refractivity contribution in [1.82, 2.24) is 10.5 Å². The van der Waals surface area contributed by atoms with E-state index in [2.05, 4.69) is 15.0 Å². The summed E-state index contributed by atoms with van der Waals surface area (Å²) in [5, 5.41) is 14.4. The van der Waals surface area contributed by atoms with Gasteiger partial charge in [-0.25, -0.2) is 0 Å². The Morgan fingerprint density at radius 2 is 2.69 bits per heavy atom. The van der Waals surface area contributed by atoms with Gasteiger partial charge in [0.15, 0.2) is 0 Å². The molecule has 1 heterocycles. The van der Waals surface area contributed by atoms with Crippen LogP contribution in [0.2, 0.25) is 0 Å². The van der Waals surface area contributed by atoms with Gasteiger partial charge in [0.05, 0.1) is 12.3 Å². The van der Waals surface area contributed by atoms with E-state index in [1.165, 1.54) is 12.3 Å². The van der Waals surface area contributed by atoms with Gasteiger partial charge in [-0.1, -0.05) is 12.1 Å². The molecule has 1 atom stereocenters. The van der Waals surface area contributed by atoms with Crippen LogP contribution in [0.25, 0.3) is 0 Å². The predicted molar refractivity (Wildman–Crippen MR) is 43.7 cm³/mol. The molecule has 0 saturated heterocycles. The van der Waals surface area contributed by atoms with Crippen LogP contribution in [0.15, 0.2) is 16.8 Å². The van der Waals surface area contributed by atoms with E-state index >= 15 is 0 Å². The maximum atomic E-state index is 11.2. The van der Waals surface area contributed by atoms with Crippen LogP contribution in [0, 0.1) is 11.3 Å². The lowest BCUT2D eigenvalue weighted by molar-refractivity contribution is 0.0907. The Labute approximate surface area is 75.3 Å². The van der Waals surface area contributed by atoms with Gasteiger partial charge in [-0.3, -0.25) is 4.79 Å². The van der Waals surface area contributed by atoms with Gasteiger partial charge in [-0.05, 0) is 6.42 Å². The highest BCUT2D eigenvalue weighted by atomic mass is 16.5. The Kier molecular flexibility index (Phi) is 3.03.